The van der Waals surface area contributed by atoms with Crippen molar-refractivity contribution in [2.75, 3.05) is 13.2 Å². The first-order valence-corrected chi connectivity index (χ1v) is 6.24. The van der Waals surface area contributed by atoms with Crippen molar-refractivity contribution >= 4 is 18.0 Å². The monoisotopic (exact) mass is 276 g/mol. The highest BCUT2D eigenvalue weighted by Crippen LogP contribution is 2.11. The number of nitrogens with one attached hydrogen (secondary N) is 2. The number of carbonyl (C=O) groups is 2. The smallest absolute Gasteiger partial charge is 0.341 e. The highest BCUT2D eigenvalue weighted by Gasteiger charge is 2.16. The number of carbonyl (C=O) groups excluding carboxylic acids is 2. The molecule has 0 radical (unpaired) electrons. The summed E-state index contributed by atoms with van der Waals surface area (Å²) < 4.78 is 4.86. The average Bonchev–Trinajstić information content (AvgIpc) is 2.90. The van der Waals surface area contributed by atoms with E-state index >= 15 is 0 Å². The molecular formula is C13H16N4O3. The molecule has 0 saturated heterocycles. The van der Waals surface area contributed by atoms with Gasteiger partial charge in [-0.1, -0.05) is 6.92 Å². The second-order valence-electron chi connectivity index (χ2n) is 3.84. The first kappa shape index (κ1) is 15.4. The molecule has 0 aliphatic heterocycles. The maximum atomic E-state index is 11.7. The van der Waals surface area contributed by atoms with Gasteiger partial charge in [-0.2, -0.15) is 10.4 Å². The fraction of sp³-hybridized carbons (Fsp3) is 0.385. The topological polar surface area (TPSA) is 108 Å². The second-order valence-corrected chi connectivity index (χ2v) is 3.84. The predicted octanol–water partition coefficient (Wildman–Crippen LogP) is 1.02. The van der Waals surface area contributed by atoms with E-state index in [1.165, 1.54) is 12.3 Å². The Morgan fingerprint density at radius 1 is 1.55 bits per heavy atom. The summed E-state index contributed by atoms with van der Waals surface area (Å²) in [5.41, 5.74) is 0.350. The van der Waals surface area contributed by atoms with Crippen molar-refractivity contribution in [2.45, 2.75) is 20.3 Å². The molecule has 1 amide bonds. The molecule has 7 heteroatoms. The summed E-state index contributed by atoms with van der Waals surface area (Å²) in [5, 5.41) is 17.9. The lowest BCUT2D eigenvalue weighted by Crippen LogP contribution is -2.25. The number of nitrogens with zero attached hydrogens (tertiary/aromatic N) is 2. The largest absolute Gasteiger partial charge is 0.462 e. The number of nitriles is 1. The van der Waals surface area contributed by atoms with Gasteiger partial charge in [0.05, 0.1) is 18.5 Å². The van der Waals surface area contributed by atoms with Gasteiger partial charge in [0.25, 0.3) is 5.91 Å². The van der Waals surface area contributed by atoms with E-state index in [0.717, 1.165) is 6.42 Å². The Morgan fingerprint density at radius 2 is 2.30 bits per heavy atom. The van der Waals surface area contributed by atoms with E-state index in [-0.39, 0.29) is 23.4 Å². The Morgan fingerprint density at radius 3 is 2.90 bits per heavy atom. The molecule has 0 atom stereocenters. The highest BCUT2D eigenvalue weighted by atomic mass is 16.5. The molecular weight excluding hydrogens is 260 g/mol. The van der Waals surface area contributed by atoms with E-state index in [1.807, 2.05) is 6.92 Å². The van der Waals surface area contributed by atoms with E-state index in [0.29, 0.717) is 6.54 Å². The van der Waals surface area contributed by atoms with Crippen LogP contribution in [0.25, 0.3) is 6.08 Å². The van der Waals surface area contributed by atoms with E-state index in [1.54, 1.807) is 13.0 Å². The maximum Gasteiger partial charge on any atom is 0.341 e. The zero-order chi connectivity index (χ0) is 15.0. The lowest BCUT2D eigenvalue weighted by Gasteiger charge is -2.02. The number of hydrogen-bond donors (Lipinski definition) is 2. The summed E-state index contributed by atoms with van der Waals surface area (Å²) in [7, 11) is 0. The average molecular weight is 276 g/mol. The third-order valence-electron chi connectivity index (χ3n) is 2.35. The van der Waals surface area contributed by atoms with Crippen molar-refractivity contribution < 1.29 is 14.3 Å². The summed E-state index contributed by atoms with van der Waals surface area (Å²) in [6, 6.07) is 1.80. The number of ether oxygens (including phenoxy) is 1. The summed E-state index contributed by atoms with van der Waals surface area (Å²) in [6.45, 7) is 4.30. The Hall–Kier alpha value is -2.62. The molecule has 0 aliphatic carbocycles. The molecule has 1 aromatic heterocycles. The normalized spacial score (nSPS) is 10.8. The van der Waals surface area contributed by atoms with Gasteiger partial charge >= 0.3 is 5.97 Å². The van der Waals surface area contributed by atoms with E-state index in [4.69, 9.17) is 10.00 Å². The second kappa shape index (κ2) is 7.74. The molecule has 20 heavy (non-hydrogen) atoms. The first-order valence-electron chi connectivity index (χ1n) is 6.24. The zero-order valence-corrected chi connectivity index (χ0v) is 11.4. The van der Waals surface area contributed by atoms with Crippen molar-refractivity contribution in [2.24, 2.45) is 0 Å². The molecule has 0 bridgehead atoms. The molecule has 0 saturated carbocycles. The third kappa shape index (κ3) is 3.95. The van der Waals surface area contributed by atoms with Crippen LogP contribution in [0.15, 0.2) is 11.8 Å². The highest BCUT2D eigenvalue weighted by molar-refractivity contribution is 6.03. The van der Waals surface area contributed by atoms with Gasteiger partial charge in [0.1, 0.15) is 17.2 Å². The van der Waals surface area contributed by atoms with E-state index < -0.39 is 11.9 Å². The molecule has 1 heterocycles. The van der Waals surface area contributed by atoms with Crippen LogP contribution in [0.1, 0.15) is 36.3 Å². The van der Waals surface area contributed by atoms with Gasteiger partial charge in [0, 0.05) is 6.54 Å². The molecule has 1 aromatic rings. The van der Waals surface area contributed by atoms with Gasteiger partial charge in [-0.3, -0.25) is 9.89 Å². The van der Waals surface area contributed by atoms with Crippen LogP contribution in [-0.2, 0) is 9.53 Å². The molecule has 0 aliphatic rings. The molecule has 106 valence electrons. The van der Waals surface area contributed by atoms with Crippen molar-refractivity contribution in [3.63, 3.8) is 0 Å². The summed E-state index contributed by atoms with van der Waals surface area (Å²) in [4.78, 5) is 23.4. The molecule has 7 nitrogen and oxygen atoms in total. The van der Waals surface area contributed by atoms with Crippen LogP contribution in [-0.4, -0.2) is 35.2 Å². The molecule has 0 unspecified atom stereocenters. The maximum absolute atomic E-state index is 11.7. The van der Waals surface area contributed by atoms with Crippen LogP contribution >= 0.6 is 0 Å². The molecule has 2 N–H and O–H groups in total. The van der Waals surface area contributed by atoms with Crippen molar-refractivity contribution in [1.82, 2.24) is 15.5 Å². The molecule has 0 fully saturated rings. The third-order valence-corrected chi connectivity index (χ3v) is 2.35. The van der Waals surface area contributed by atoms with Crippen LogP contribution in [0, 0.1) is 11.3 Å². The van der Waals surface area contributed by atoms with Gasteiger partial charge in [0.15, 0.2) is 0 Å². The Bertz CT molecular complexity index is 554. The van der Waals surface area contributed by atoms with Gasteiger partial charge in [-0.15, -0.1) is 0 Å². The Labute approximate surface area is 116 Å². The lowest BCUT2D eigenvalue weighted by molar-refractivity contribution is -0.117. The van der Waals surface area contributed by atoms with Crippen molar-refractivity contribution in [1.29, 1.82) is 5.26 Å². The molecule has 1 rings (SSSR count). The lowest BCUT2D eigenvalue weighted by atomic mass is 10.1. The summed E-state index contributed by atoms with van der Waals surface area (Å²) in [6.07, 6.45) is 3.34. The van der Waals surface area contributed by atoms with Crippen molar-refractivity contribution in [3.8, 4) is 6.07 Å². The molecule has 0 spiro atoms. The van der Waals surface area contributed by atoms with Crippen LogP contribution in [0.4, 0.5) is 0 Å². The van der Waals surface area contributed by atoms with Crippen molar-refractivity contribution in [3.05, 3.63) is 23.0 Å². The fourth-order valence-electron chi connectivity index (χ4n) is 1.40. The SMILES string of the molecule is CCCNC(=O)C(C#N)=Cc1[nH]ncc1C(=O)OCC. The quantitative estimate of drug-likeness (QED) is 0.458. The Balaban J connectivity index is 2.97. The predicted molar refractivity (Wildman–Crippen MR) is 71.4 cm³/mol. The minimum absolute atomic E-state index is 0.103. The minimum Gasteiger partial charge on any atom is -0.462 e. The van der Waals surface area contributed by atoms with Gasteiger partial charge in [-0.05, 0) is 19.4 Å². The summed E-state index contributed by atoms with van der Waals surface area (Å²) >= 11 is 0. The van der Waals surface area contributed by atoms with Crippen LogP contribution in [0.2, 0.25) is 0 Å². The fourth-order valence-corrected chi connectivity index (χ4v) is 1.40. The van der Waals surface area contributed by atoms with E-state index in [9.17, 15) is 9.59 Å². The number of aromatic nitrogens is 2. The van der Waals surface area contributed by atoms with Crippen LogP contribution in [0.3, 0.4) is 0 Å². The van der Waals surface area contributed by atoms with Gasteiger partial charge in [-0.25, -0.2) is 4.79 Å². The number of H-pyrrole nitrogens is 1. The number of aromatic amines is 1. The standard InChI is InChI=1S/C13H16N4O3/c1-3-5-15-12(18)9(7-14)6-11-10(8-16-17-11)13(19)20-4-2/h6,8H,3-5H2,1-2H3,(H,15,18)(H,16,17). The number of amides is 1. The minimum atomic E-state index is -0.557. The van der Waals surface area contributed by atoms with Crippen LogP contribution in [0.5, 0.6) is 0 Å². The summed E-state index contributed by atoms with van der Waals surface area (Å²) in [5.74, 6) is -1.04. The van der Waals surface area contributed by atoms with E-state index in [2.05, 4.69) is 15.5 Å². The first-order chi connectivity index (χ1) is 9.63. The van der Waals surface area contributed by atoms with Gasteiger partial charge < -0.3 is 10.1 Å². The zero-order valence-electron chi connectivity index (χ0n) is 11.4. The molecule has 0 aromatic carbocycles. The number of rotatable bonds is 6. The Kier molecular flexibility index (Phi) is 5.97. The van der Waals surface area contributed by atoms with Crippen LogP contribution < -0.4 is 5.32 Å². The number of esters is 1. The van der Waals surface area contributed by atoms with Gasteiger partial charge in [0.2, 0.25) is 0 Å². The number of hydrogen-bond acceptors (Lipinski definition) is 5.